The summed E-state index contributed by atoms with van der Waals surface area (Å²) in [5.74, 6) is -1.96. The molecule has 1 saturated carbocycles. The quantitative estimate of drug-likeness (QED) is 0.489. The SMILES string of the molecule is COC1CCC(C(c2ccc(F)cc2)C(N=[N+]=[N-])C(=O)O)CC1. The molecule has 0 bridgehead atoms. The van der Waals surface area contributed by atoms with E-state index in [-0.39, 0.29) is 17.8 Å². The predicted molar refractivity (Wildman–Crippen MR) is 82.5 cm³/mol. The lowest BCUT2D eigenvalue weighted by molar-refractivity contribution is -0.139. The van der Waals surface area contributed by atoms with Crippen LogP contribution in [0.25, 0.3) is 10.4 Å². The number of hydrogen-bond acceptors (Lipinski definition) is 3. The zero-order valence-corrected chi connectivity index (χ0v) is 12.9. The summed E-state index contributed by atoms with van der Waals surface area (Å²) in [7, 11) is 1.67. The van der Waals surface area contributed by atoms with Crippen LogP contribution in [-0.2, 0) is 9.53 Å². The van der Waals surface area contributed by atoms with Crippen LogP contribution in [0.5, 0.6) is 0 Å². The molecule has 23 heavy (non-hydrogen) atoms. The van der Waals surface area contributed by atoms with Crippen LogP contribution in [0.4, 0.5) is 4.39 Å². The van der Waals surface area contributed by atoms with E-state index in [2.05, 4.69) is 10.0 Å². The molecular weight excluding hydrogens is 301 g/mol. The van der Waals surface area contributed by atoms with Gasteiger partial charge in [0, 0.05) is 17.9 Å². The fraction of sp³-hybridized carbons (Fsp3) is 0.562. The van der Waals surface area contributed by atoms with Gasteiger partial charge in [0.2, 0.25) is 0 Å². The maximum atomic E-state index is 13.2. The summed E-state index contributed by atoms with van der Waals surface area (Å²) in [6.45, 7) is 0. The molecule has 0 heterocycles. The number of carbonyl (C=O) groups is 1. The molecule has 1 aromatic rings. The number of aliphatic carboxylic acids is 1. The number of methoxy groups -OCH3 is 1. The number of nitrogens with zero attached hydrogens (tertiary/aromatic N) is 3. The highest BCUT2D eigenvalue weighted by Crippen LogP contribution is 2.40. The molecule has 2 unspecified atom stereocenters. The lowest BCUT2D eigenvalue weighted by Gasteiger charge is -2.35. The average molecular weight is 321 g/mol. The molecule has 0 spiro atoms. The fourth-order valence-corrected chi connectivity index (χ4v) is 3.41. The van der Waals surface area contributed by atoms with E-state index >= 15 is 0 Å². The summed E-state index contributed by atoms with van der Waals surface area (Å²) < 4.78 is 18.5. The van der Waals surface area contributed by atoms with Gasteiger partial charge in [-0.15, -0.1) is 0 Å². The first kappa shape index (κ1) is 17.2. The smallest absolute Gasteiger partial charge is 0.313 e. The second-order valence-electron chi connectivity index (χ2n) is 5.84. The van der Waals surface area contributed by atoms with Crippen LogP contribution in [0.15, 0.2) is 29.4 Å². The van der Waals surface area contributed by atoms with Gasteiger partial charge in [-0.05, 0) is 54.8 Å². The number of ether oxygens (including phenoxy) is 1. The fourth-order valence-electron chi connectivity index (χ4n) is 3.41. The number of halogens is 1. The molecule has 6 nitrogen and oxygen atoms in total. The lowest BCUT2D eigenvalue weighted by atomic mass is 9.73. The largest absolute Gasteiger partial charge is 0.481 e. The molecular formula is C16H20FN3O3. The summed E-state index contributed by atoms with van der Waals surface area (Å²) >= 11 is 0. The van der Waals surface area contributed by atoms with E-state index in [0.29, 0.717) is 5.56 Å². The molecule has 2 atom stereocenters. The highest BCUT2D eigenvalue weighted by atomic mass is 19.1. The molecule has 0 aliphatic heterocycles. The van der Waals surface area contributed by atoms with Crippen molar-refractivity contribution in [2.75, 3.05) is 7.11 Å². The number of carboxylic acids is 1. The van der Waals surface area contributed by atoms with Crippen molar-refractivity contribution in [3.05, 3.63) is 46.1 Å². The van der Waals surface area contributed by atoms with Gasteiger partial charge in [-0.2, -0.15) is 0 Å². The van der Waals surface area contributed by atoms with Crippen molar-refractivity contribution in [1.29, 1.82) is 0 Å². The van der Waals surface area contributed by atoms with E-state index in [9.17, 15) is 14.3 Å². The summed E-state index contributed by atoms with van der Waals surface area (Å²) in [6.07, 6.45) is 3.42. The van der Waals surface area contributed by atoms with Crippen LogP contribution in [0, 0.1) is 11.7 Å². The van der Waals surface area contributed by atoms with Crippen LogP contribution < -0.4 is 0 Å². The van der Waals surface area contributed by atoms with Crippen LogP contribution in [0.2, 0.25) is 0 Å². The van der Waals surface area contributed by atoms with Crippen LogP contribution in [-0.4, -0.2) is 30.3 Å². The second kappa shape index (κ2) is 7.94. The van der Waals surface area contributed by atoms with Crippen molar-refractivity contribution in [3.63, 3.8) is 0 Å². The molecule has 0 radical (unpaired) electrons. The summed E-state index contributed by atoms with van der Waals surface area (Å²) in [5, 5.41) is 12.9. The zero-order chi connectivity index (χ0) is 16.8. The van der Waals surface area contributed by atoms with Crippen molar-refractivity contribution in [2.24, 2.45) is 11.0 Å². The summed E-state index contributed by atoms with van der Waals surface area (Å²) in [4.78, 5) is 14.3. The van der Waals surface area contributed by atoms with Gasteiger partial charge in [-0.3, -0.25) is 4.79 Å². The van der Waals surface area contributed by atoms with E-state index in [0.717, 1.165) is 25.7 Å². The minimum absolute atomic E-state index is 0.0541. The number of azide groups is 1. The molecule has 0 amide bonds. The standard InChI is InChI=1S/C16H20FN3O3/c1-23-13-8-4-11(5-9-13)14(15(16(21)22)19-20-18)10-2-6-12(17)7-3-10/h2-3,6-7,11,13-15H,4-5,8-9H2,1H3,(H,21,22). The number of rotatable bonds is 6. The van der Waals surface area contributed by atoms with Gasteiger partial charge in [-0.1, -0.05) is 17.2 Å². The molecule has 1 aliphatic rings. The monoisotopic (exact) mass is 321 g/mol. The predicted octanol–water partition coefficient (Wildman–Crippen LogP) is 3.88. The Hall–Kier alpha value is -2.11. The first-order valence-electron chi connectivity index (χ1n) is 7.62. The summed E-state index contributed by atoms with van der Waals surface area (Å²) in [6, 6.07) is 4.56. The first-order chi connectivity index (χ1) is 11.1. The Morgan fingerprint density at radius 3 is 2.43 bits per heavy atom. The zero-order valence-electron chi connectivity index (χ0n) is 12.9. The van der Waals surface area contributed by atoms with Crippen molar-refractivity contribution in [1.82, 2.24) is 0 Å². The Morgan fingerprint density at radius 2 is 1.96 bits per heavy atom. The minimum atomic E-state index is -1.20. The van der Waals surface area contributed by atoms with Crippen molar-refractivity contribution in [3.8, 4) is 0 Å². The third-order valence-electron chi connectivity index (χ3n) is 4.58. The molecule has 1 N–H and O–H groups in total. The molecule has 7 heteroatoms. The molecule has 1 aliphatic carbocycles. The van der Waals surface area contributed by atoms with E-state index in [1.165, 1.54) is 12.1 Å². The van der Waals surface area contributed by atoms with E-state index in [1.54, 1.807) is 19.2 Å². The molecule has 2 rings (SSSR count). The molecule has 124 valence electrons. The van der Waals surface area contributed by atoms with E-state index in [4.69, 9.17) is 10.3 Å². The van der Waals surface area contributed by atoms with E-state index < -0.39 is 17.9 Å². The van der Waals surface area contributed by atoms with Gasteiger partial charge in [-0.25, -0.2) is 4.39 Å². The van der Waals surface area contributed by atoms with Gasteiger partial charge < -0.3 is 9.84 Å². The van der Waals surface area contributed by atoms with Crippen LogP contribution in [0.3, 0.4) is 0 Å². The Kier molecular flexibility index (Phi) is 5.96. The molecule has 1 aromatic carbocycles. The summed E-state index contributed by atoms with van der Waals surface area (Å²) in [5.41, 5.74) is 9.41. The Bertz CT molecular complexity index is 577. The highest BCUT2D eigenvalue weighted by molar-refractivity contribution is 5.75. The number of benzene rings is 1. The van der Waals surface area contributed by atoms with Gasteiger partial charge in [0.1, 0.15) is 11.9 Å². The normalized spacial score (nSPS) is 23.6. The van der Waals surface area contributed by atoms with E-state index in [1.807, 2.05) is 0 Å². The molecule has 1 fully saturated rings. The van der Waals surface area contributed by atoms with Crippen molar-refractivity contribution < 1.29 is 19.0 Å². The van der Waals surface area contributed by atoms with Crippen LogP contribution >= 0.6 is 0 Å². The lowest BCUT2D eigenvalue weighted by Crippen LogP contribution is -2.34. The highest BCUT2D eigenvalue weighted by Gasteiger charge is 2.37. The van der Waals surface area contributed by atoms with Gasteiger partial charge in [0.25, 0.3) is 0 Å². The average Bonchev–Trinajstić information content (AvgIpc) is 2.56. The molecule has 0 aromatic heterocycles. The van der Waals surface area contributed by atoms with Crippen molar-refractivity contribution in [2.45, 2.75) is 43.7 Å². The second-order valence-corrected chi connectivity index (χ2v) is 5.84. The van der Waals surface area contributed by atoms with Crippen molar-refractivity contribution >= 4 is 5.97 Å². The maximum absolute atomic E-state index is 13.2. The first-order valence-corrected chi connectivity index (χ1v) is 7.62. The van der Waals surface area contributed by atoms with Gasteiger partial charge >= 0.3 is 5.97 Å². The Morgan fingerprint density at radius 1 is 1.35 bits per heavy atom. The third kappa shape index (κ3) is 4.21. The minimum Gasteiger partial charge on any atom is -0.481 e. The maximum Gasteiger partial charge on any atom is 0.313 e. The van der Waals surface area contributed by atoms with Gasteiger partial charge in [0.05, 0.1) is 6.10 Å². The third-order valence-corrected chi connectivity index (χ3v) is 4.58. The Balaban J connectivity index is 2.32. The topological polar surface area (TPSA) is 95.3 Å². The molecule has 0 saturated heterocycles. The Labute approximate surface area is 133 Å². The van der Waals surface area contributed by atoms with Gasteiger partial charge in [0.15, 0.2) is 0 Å². The number of carboxylic acid groups (broad SMARTS) is 1. The van der Waals surface area contributed by atoms with Crippen LogP contribution in [0.1, 0.15) is 37.2 Å². The number of hydrogen-bond donors (Lipinski definition) is 1.